The minimum atomic E-state index is -2.21. The molecule has 0 spiro atoms. The summed E-state index contributed by atoms with van der Waals surface area (Å²) in [6.45, 7) is 14.0. The first-order chi connectivity index (χ1) is 33.5. The molecule has 25 heteroatoms. The topological polar surface area (TPSA) is 251 Å². The lowest BCUT2D eigenvalue weighted by molar-refractivity contribution is -0.136. The molecular formula is C45H100O20Si5. The molecule has 0 aromatic carbocycles. The van der Waals surface area contributed by atoms with Gasteiger partial charge >= 0.3 is 0 Å². The van der Waals surface area contributed by atoms with E-state index < -0.39 is 71.9 Å². The van der Waals surface area contributed by atoms with Crippen LogP contribution >= 0.6 is 0 Å². The fraction of sp³-hybridized carbons (Fsp3) is 1.00. The Bertz CT molecular complexity index is 993. The van der Waals surface area contributed by atoms with Crippen molar-refractivity contribution in [3.63, 3.8) is 0 Å². The first kappa shape index (κ1) is 68.3. The Morgan fingerprint density at radius 3 is 0.700 bits per heavy atom. The van der Waals surface area contributed by atoms with E-state index in [1.54, 1.807) is 28.4 Å². The highest BCUT2D eigenvalue weighted by Gasteiger charge is 2.31. The van der Waals surface area contributed by atoms with Gasteiger partial charge in [0.05, 0.1) is 91.0 Å². The summed E-state index contributed by atoms with van der Waals surface area (Å²) in [5.74, 6) is 0. The second kappa shape index (κ2) is 39.6. The van der Waals surface area contributed by atoms with Gasteiger partial charge in [0.2, 0.25) is 33.3 Å². The van der Waals surface area contributed by atoms with Crippen molar-refractivity contribution < 1.29 is 95.7 Å². The highest BCUT2D eigenvalue weighted by molar-refractivity contribution is 6.78. The molecular weight excluding hydrogens is 1000 g/mol. The molecule has 0 radical (unpaired) electrons. The summed E-state index contributed by atoms with van der Waals surface area (Å²) in [6.07, 6.45) is 1.07. The van der Waals surface area contributed by atoms with Gasteiger partial charge in [0.1, 0.15) is 38.6 Å². The summed E-state index contributed by atoms with van der Waals surface area (Å²) in [7, 11) is -4.44. The molecule has 0 saturated carbocycles. The molecule has 1 fully saturated rings. The van der Waals surface area contributed by atoms with Gasteiger partial charge in [0.25, 0.3) is 0 Å². The van der Waals surface area contributed by atoms with Crippen LogP contribution in [0.15, 0.2) is 0 Å². The molecule has 1 heterocycles. The maximum Gasteiger partial charge on any atom is 0.214 e. The second-order valence-electron chi connectivity index (χ2n) is 20.0. The van der Waals surface area contributed by atoms with Crippen LogP contribution in [-0.2, 0) is 65.1 Å². The lowest BCUT2D eigenvalue weighted by Gasteiger charge is -2.26. The van der Waals surface area contributed by atoms with E-state index in [-0.39, 0.29) is 103 Å². The van der Waals surface area contributed by atoms with Crippen molar-refractivity contribution in [1.82, 2.24) is 0 Å². The van der Waals surface area contributed by atoms with E-state index in [4.69, 9.17) is 65.1 Å². The number of rotatable bonds is 40. The van der Waals surface area contributed by atoms with Crippen molar-refractivity contribution in [1.29, 1.82) is 0 Å². The van der Waals surface area contributed by atoms with Gasteiger partial charge in [-0.15, -0.1) is 0 Å². The Labute approximate surface area is 426 Å². The van der Waals surface area contributed by atoms with Crippen LogP contribution in [0.4, 0.5) is 0 Å². The lowest BCUT2D eigenvalue weighted by Crippen LogP contribution is -2.40. The molecule has 0 aliphatic carbocycles. The Balaban J connectivity index is 3.44. The molecule has 9 atom stereocenters. The molecule has 0 aromatic rings. The van der Waals surface area contributed by atoms with Crippen molar-refractivity contribution in [2.24, 2.45) is 0 Å². The molecule has 0 amide bonds. The van der Waals surface area contributed by atoms with E-state index in [2.05, 4.69) is 0 Å². The van der Waals surface area contributed by atoms with Crippen molar-refractivity contribution in [2.75, 3.05) is 165 Å². The SMILES string of the molecule is CO[Si](C)(CO)CCCOCC1COC(COCCC[Si](C)(CO)CO)COC(COCCC[Si](C)(CO)OC)COC(COCCC[Si](C)(CO)OC)COC(COCCC[Si](C)(CO)OC)CO1. The summed E-state index contributed by atoms with van der Waals surface area (Å²) in [4.78, 5) is 0. The van der Waals surface area contributed by atoms with Crippen molar-refractivity contribution in [3.05, 3.63) is 0 Å². The van der Waals surface area contributed by atoms with E-state index in [1.807, 2.05) is 32.7 Å². The van der Waals surface area contributed by atoms with Gasteiger partial charge in [-0.05, 0) is 82.5 Å². The zero-order valence-electron chi connectivity index (χ0n) is 44.7. The molecule has 1 aliphatic heterocycles. The first-order valence-corrected chi connectivity index (χ1v) is 39.7. The third kappa shape index (κ3) is 30.7. The molecule has 20 nitrogen and oxygen atoms in total. The standard InChI is InChI=1S/C45H100O20Si5/c1-52-67(6,37-48)21-11-16-57-26-42-31-61-41(25-56-15-10-20-66(5,35-46)36-47)30-62-43(27-58-17-12-22-68(7,38-49)53-2)32-64-45(29-60-19-14-24-70(9,40-51)55-4)34-65-44(33-63-42)28-59-18-13-23-69(8,39-50)54-3/h41-51H,10-40H2,1-9H3. The largest absolute Gasteiger partial charge is 0.418 e. The minimum absolute atomic E-state index is 0.00696. The van der Waals surface area contributed by atoms with Crippen molar-refractivity contribution in [2.45, 2.75) is 126 Å². The number of hydrogen-bond acceptors (Lipinski definition) is 20. The molecule has 1 rings (SSSR count). The molecule has 0 aromatic heterocycles. The van der Waals surface area contributed by atoms with Gasteiger partial charge in [0.15, 0.2) is 0 Å². The summed E-state index contributed by atoms with van der Waals surface area (Å²) in [6, 6.07) is 3.66. The Hall–Kier alpha value is 0.284. The smallest absolute Gasteiger partial charge is 0.214 e. The van der Waals surface area contributed by atoms with Crippen LogP contribution in [0, 0.1) is 0 Å². The molecule has 0 bridgehead atoms. The summed E-state index contributed by atoms with van der Waals surface area (Å²) < 4.78 is 86.1. The van der Waals surface area contributed by atoms with Gasteiger partial charge in [-0.3, -0.25) is 0 Å². The number of ether oxygens (including phenoxy) is 10. The van der Waals surface area contributed by atoms with Crippen molar-refractivity contribution in [3.8, 4) is 0 Å². The van der Waals surface area contributed by atoms with Crippen LogP contribution < -0.4 is 0 Å². The fourth-order valence-electron chi connectivity index (χ4n) is 7.00. The Kier molecular flexibility index (Phi) is 38.7. The highest BCUT2D eigenvalue weighted by Crippen LogP contribution is 2.18. The maximum atomic E-state index is 9.89. The van der Waals surface area contributed by atoms with Crippen LogP contribution in [0.2, 0.25) is 63.0 Å². The monoisotopic (exact) mass is 1100 g/mol. The number of hydrogen-bond donors (Lipinski definition) is 6. The summed E-state index contributed by atoms with van der Waals surface area (Å²) in [5, 5.41) is 59.3. The number of aliphatic hydroxyl groups is 6. The van der Waals surface area contributed by atoms with Gasteiger partial charge < -0.3 is 95.7 Å². The van der Waals surface area contributed by atoms with Gasteiger partial charge in [-0.1, -0.05) is 12.6 Å². The van der Waals surface area contributed by atoms with E-state index in [0.29, 0.717) is 71.2 Å². The minimum Gasteiger partial charge on any atom is -0.418 e. The molecule has 1 aliphatic rings. The summed E-state index contributed by atoms with van der Waals surface area (Å²) >= 11 is 0. The third-order valence-electron chi connectivity index (χ3n) is 13.2. The first-order valence-electron chi connectivity index (χ1n) is 25.3. The fourth-order valence-corrected chi connectivity index (χ4v) is 13.9. The van der Waals surface area contributed by atoms with E-state index >= 15 is 0 Å². The predicted molar refractivity (Wildman–Crippen MR) is 279 cm³/mol. The predicted octanol–water partition coefficient (Wildman–Crippen LogP) is 2.11. The zero-order valence-corrected chi connectivity index (χ0v) is 49.7. The van der Waals surface area contributed by atoms with E-state index in [0.717, 1.165) is 24.2 Å². The Morgan fingerprint density at radius 2 is 0.529 bits per heavy atom. The highest BCUT2D eigenvalue weighted by atomic mass is 28.4. The van der Waals surface area contributed by atoms with Crippen molar-refractivity contribution >= 4 is 41.3 Å². The zero-order chi connectivity index (χ0) is 52.2. The van der Waals surface area contributed by atoms with Crippen LogP contribution in [0.5, 0.6) is 0 Å². The average Bonchev–Trinajstić information content (AvgIpc) is 3.39. The molecule has 9 unspecified atom stereocenters. The molecule has 420 valence electrons. The average molecular weight is 1100 g/mol. The quantitative estimate of drug-likeness (QED) is 0.0380. The van der Waals surface area contributed by atoms with Crippen LogP contribution in [0.25, 0.3) is 0 Å². The molecule has 6 N–H and O–H groups in total. The summed E-state index contributed by atoms with van der Waals surface area (Å²) in [5.41, 5.74) is 0. The second-order valence-corrected chi connectivity index (χ2v) is 41.3. The number of aliphatic hydroxyl groups excluding tert-OH is 6. The van der Waals surface area contributed by atoms with E-state index in [1.165, 1.54) is 0 Å². The lowest BCUT2D eigenvalue weighted by atomic mass is 10.3. The molecule has 70 heavy (non-hydrogen) atoms. The van der Waals surface area contributed by atoms with E-state index in [9.17, 15) is 30.6 Å². The van der Waals surface area contributed by atoms with Crippen LogP contribution in [0.1, 0.15) is 32.1 Å². The van der Waals surface area contributed by atoms with Crippen LogP contribution in [-0.4, -0.2) is 267 Å². The van der Waals surface area contributed by atoms with Crippen LogP contribution in [0.3, 0.4) is 0 Å². The van der Waals surface area contributed by atoms with Gasteiger partial charge in [0, 0.05) is 73.9 Å². The Morgan fingerprint density at radius 1 is 0.329 bits per heavy atom. The molecule has 1 saturated heterocycles. The maximum absolute atomic E-state index is 9.89. The normalized spacial score (nSPS) is 24.0. The van der Waals surface area contributed by atoms with Gasteiger partial charge in [-0.2, -0.15) is 0 Å². The van der Waals surface area contributed by atoms with Gasteiger partial charge in [-0.25, -0.2) is 0 Å². The third-order valence-corrected chi connectivity index (χ3v) is 28.6.